The number of aryl methyl sites for hydroxylation is 1. The SMILES string of the molecule is CCc1cnc(CC(=O)N2CCOCC2)nc1. The van der Waals surface area contributed by atoms with E-state index >= 15 is 0 Å². The molecule has 0 unspecified atom stereocenters. The van der Waals surface area contributed by atoms with Crippen molar-refractivity contribution < 1.29 is 9.53 Å². The Morgan fingerprint density at radius 3 is 2.59 bits per heavy atom. The van der Waals surface area contributed by atoms with Gasteiger partial charge >= 0.3 is 0 Å². The van der Waals surface area contributed by atoms with E-state index in [1.54, 1.807) is 17.3 Å². The van der Waals surface area contributed by atoms with Gasteiger partial charge in [0.1, 0.15) is 5.82 Å². The topological polar surface area (TPSA) is 55.3 Å². The van der Waals surface area contributed by atoms with Crippen LogP contribution in [-0.2, 0) is 22.4 Å². The van der Waals surface area contributed by atoms with Crippen molar-refractivity contribution in [3.8, 4) is 0 Å². The first-order valence-corrected chi connectivity index (χ1v) is 5.95. The third-order valence-corrected chi connectivity index (χ3v) is 2.84. The molecule has 0 aliphatic carbocycles. The summed E-state index contributed by atoms with van der Waals surface area (Å²) < 4.78 is 5.21. The maximum Gasteiger partial charge on any atom is 0.230 e. The number of hydrogen-bond acceptors (Lipinski definition) is 4. The molecule has 0 saturated carbocycles. The van der Waals surface area contributed by atoms with E-state index in [2.05, 4.69) is 16.9 Å². The van der Waals surface area contributed by atoms with Gasteiger partial charge in [0.2, 0.25) is 5.91 Å². The van der Waals surface area contributed by atoms with Crippen molar-refractivity contribution in [3.63, 3.8) is 0 Å². The van der Waals surface area contributed by atoms with E-state index in [0.29, 0.717) is 32.1 Å². The molecule has 0 aromatic carbocycles. The number of ether oxygens (including phenoxy) is 1. The third-order valence-electron chi connectivity index (χ3n) is 2.84. The average Bonchev–Trinajstić information content (AvgIpc) is 2.40. The van der Waals surface area contributed by atoms with Crippen LogP contribution in [0, 0.1) is 0 Å². The molecule has 1 amide bonds. The van der Waals surface area contributed by atoms with Gasteiger partial charge in [-0.15, -0.1) is 0 Å². The zero-order valence-corrected chi connectivity index (χ0v) is 10.1. The Bertz CT molecular complexity index is 372. The second kappa shape index (κ2) is 5.72. The van der Waals surface area contributed by atoms with Crippen molar-refractivity contribution >= 4 is 5.91 Å². The highest BCUT2D eigenvalue weighted by molar-refractivity contribution is 5.78. The first-order valence-electron chi connectivity index (χ1n) is 5.95. The average molecular weight is 235 g/mol. The molecular formula is C12H17N3O2. The fourth-order valence-electron chi connectivity index (χ4n) is 1.72. The highest BCUT2D eigenvalue weighted by Crippen LogP contribution is 2.02. The van der Waals surface area contributed by atoms with Crippen LogP contribution in [0.15, 0.2) is 12.4 Å². The van der Waals surface area contributed by atoms with Crippen LogP contribution in [-0.4, -0.2) is 47.1 Å². The number of morpholine rings is 1. The van der Waals surface area contributed by atoms with Gasteiger partial charge in [-0.1, -0.05) is 6.92 Å². The van der Waals surface area contributed by atoms with E-state index in [9.17, 15) is 4.79 Å². The maximum atomic E-state index is 11.9. The van der Waals surface area contributed by atoms with Crippen LogP contribution in [0.5, 0.6) is 0 Å². The first-order chi connectivity index (χ1) is 8.29. The minimum absolute atomic E-state index is 0.0811. The maximum absolute atomic E-state index is 11.9. The van der Waals surface area contributed by atoms with Gasteiger partial charge in [-0.05, 0) is 12.0 Å². The fraction of sp³-hybridized carbons (Fsp3) is 0.583. The highest BCUT2D eigenvalue weighted by Gasteiger charge is 2.17. The molecule has 2 heterocycles. The van der Waals surface area contributed by atoms with E-state index < -0.39 is 0 Å². The van der Waals surface area contributed by atoms with E-state index in [4.69, 9.17) is 4.74 Å². The van der Waals surface area contributed by atoms with Gasteiger partial charge in [0.15, 0.2) is 0 Å². The summed E-state index contributed by atoms with van der Waals surface area (Å²) >= 11 is 0. The smallest absolute Gasteiger partial charge is 0.230 e. The normalized spacial score (nSPS) is 15.9. The van der Waals surface area contributed by atoms with E-state index in [1.165, 1.54) is 0 Å². The Kier molecular flexibility index (Phi) is 4.03. The molecule has 0 atom stereocenters. The zero-order chi connectivity index (χ0) is 12.1. The minimum atomic E-state index is 0.0811. The molecule has 0 spiro atoms. The van der Waals surface area contributed by atoms with Crippen LogP contribution < -0.4 is 0 Å². The lowest BCUT2D eigenvalue weighted by Gasteiger charge is -2.26. The molecule has 0 bridgehead atoms. The molecule has 1 aromatic rings. The number of nitrogens with zero attached hydrogens (tertiary/aromatic N) is 3. The molecule has 17 heavy (non-hydrogen) atoms. The molecule has 5 heteroatoms. The molecule has 1 saturated heterocycles. The Balaban J connectivity index is 1.92. The van der Waals surface area contributed by atoms with Gasteiger partial charge in [0, 0.05) is 25.5 Å². The quantitative estimate of drug-likeness (QED) is 0.763. The summed E-state index contributed by atoms with van der Waals surface area (Å²) in [4.78, 5) is 22.1. The highest BCUT2D eigenvalue weighted by atomic mass is 16.5. The van der Waals surface area contributed by atoms with Gasteiger partial charge in [0.25, 0.3) is 0 Å². The fourth-order valence-corrected chi connectivity index (χ4v) is 1.72. The summed E-state index contributed by atoms with van der Waals surface area (Å²) in [5.74, 6) is 0.677. The summed E-state index contributed by atoms with van der Waals surface area (Å²) in [5, 5.41) is 0. The third kappa shape index (κ3) is 3.23. The number of hydrogen-bond donors (Lipinski definition) is 0. The summed E-state index contributed by atoms with van der Waals surface area (Å²) in [6, 6.07) is 0. The van der Waals surface area contributed by atoms with Crippen molar-refractivity contribution in [2.24, 2.45) is 0 Å². The number of carbonyl (C=O) groups excluding carboxylic acids is 1. The molecule has 1 fully saturated rings. The zero-order valence-electron chi connectivity index (χ0n) is 10.1. The van der Waals surface area contributed by atoms with Crippen LogP contribution in [0.2, 0.25) is 0 Å². The Morgan fingerprint density at radius 1 is 1.35 bits per heavy atom. The van der Waals surface area contributed by atoms with Crippen LogP contribution in [0.3, 0.4) is 0 Å². The van der Waals surface area contributed by atoms with Gasteiger partial charge in [0.05, 0.1) is 19.6 Å². The van der Waals surface area contributed by atoms with Crippen LogP contribution in [0.25, 0.3) is 0 Å². The van der Waals surface area contributed by atoms with Crippen molar-refractivity contribution in [2.45, 2.75) is 19.8 Å². The van der Waals surface area contributed by atoms with Crippen molar-refractivity contribution in [3.05, 3.63) is 23.8 Å². The number of carbonyl (C=O) groups is 1. The molecule has 0 N–H and O–H groups in total. The molecular weight excluding hydrogens is 218 g/mol. The summed E-state index contributed by atoms with van der Waals surface area (Å²) in [6.45, 7) is 4.65. The Labute approximate surface area is 101 Å². The molecule has 92 valence electrons. The summed E-state index contributed by atoms with van der Waals surface area (Å²) in [6.07, 6.45) is 4.77. The number of amides is 1. The Hall–Kier alpha value is -1.49. The predicted octanol–water partition coefficient (Wildman–Crippen LogP) is 0.440. The lowest BCUT2D eigenvalue weighted by atomic mass is 10.2. The molecule has 1 aromatic heterocycles. The molecule has 1 aliphatic heterocycles. The second-order valence-electron chi connectivity index (χ2n) is 4.03. The molecule has 0 radical (unpaired) electrons. The van der Waals surface area contributed by atoms with Crippen LogP contribution >= 0.6 is 0 Å². The van der Waals surface area contributed by atoms with E-state index in [0.717, 1.165) is 12.0 Å². The lowest BCUT2D eigenvalue weighted by Crippen LogP contribution is -2.41. The summed E-state index contributed by atoms with van der Waals surface area (Å²) in [7, 11) is 0. The molecule has 2 rings (SSSR count). The number of aromatic nitrogens is 2. The van der Waals surface area contributed by atoms with E-state index in [1.807, 2.05) is 0 Å². The standard InChI is InChI=1S/C12H17N3O2/c1-2-10-8-13-11(14-9-10)7-12(16)15-3-5-17-6-4-15/h8-9H,2-7H2,1H3. The van der Waals surface area contributed by atoms with Crippen molar-refractivity contribution in [2.75, 3.05) is 26.3 Å². The molecule has 1 aliphatic rings. The van der Waals surface area contributed by atoms with Crippen molar-refractivity contribution in [1.29, 1.82) is 0 Å². The van der Waals surface area contributed by atoms with Crippen LogP contribution in [0.4, 0.5) is 0 Å². The largest absolute Gasteiger partial charge is 0.378 e. The first kappa shape index (κ1) is 12.0. The van der Waals surface area contributed by atoms with E-state index in [-0.39, 0.29) is 12.3 Å². The van der Waals surface area contributed by atoms with Crippen molar-refractivity contribution in [1.82, 2.24) is 14.9 Å². The number of rotatable bonds is 3. The van der Waals surface area contributed by atoms with Crippen LogP contribution in [0.1, 0.15) is 18.3 Å². The van der Waals surface area contributed by atoms with Gasteiger partial charge in [-0.3, -0.25) is 4.79 Å². The second-order valence-corrected chi connectivity index (χ2v) is 4.03. The molecule has 5 nitrogen and oxygen atoms in total. The Morgan fingerprint density at radius 2 is 2.00 bits per heavy atom. The lowest BCUT2D eigenvalue weighted by molar-refractivity contribution is -0.134. The monoisotopic (exact) mass is 235 g/mol. The van der Waals surface area contributed by atoms with Gasteiger partial charge < -0.3 is 9.64 Å². The van der Waals surface area contributed by atoms with Gasteiger partial charge in [-0.25, -0.2) is 9.97 Å². The van der Waals surface area contributed by atoms with Gasteiger partial charge in [-0.2, -0.15) is 0 Å². The summed E-state index contributed by atoms with van der Waals surface area (Å²) in [5.41, 5.74) is 1.09. The minimum Gasteiger partial charge on any atom is -0.378 e. The predicted molar refractivity (Wildman–Crippen MR) is 62.5 cm³/mol.